The SMILES string of the molecule is OB(O)C1C=C(C(F)(F)F)C=CC1. The van der Waals surface area contributed by atoms with Gasteiger partial charge in [0.2, 0.25) is 0 Å². The van der Waals surface area contributed by atoms with Crippen LogP contribution in [0.3, 0.4) is 0 Å². The molecule has 0 bridgehead atoms. The van der Waals surface area contributed by atoms with E-state index in [0.717, 1.165) is 12.2 Å². The molecule has 0 aromatic heterocycles. The Balaban J connectivity index is 2.81. The molecule has 1 rings (SSSR count). The predicted octanol–water partition coefficient (Wildman–Crippen LogP) is 1.28. The summed E-state index contributed by atoms with van der Waals surface area (Å²) < 4.78 is 36.3. The van der Waals surface area contributed by atoms with Crippen molar-refractivity contribution >= 4 is 7.12 Å². The third kappa shape index (κ3) is 2.60. The molecule has 13 heavy (non-hydrogen) atoms. The Morgan fingerprint density at radius 1 is 1.38 bits per heavy atom. The van der Waals surface area contributed by atoms with E-state index < -0.39 is 24.7 Å². The van der Waals surface area contributed by atoms with Crippen LogP contribution in [0.2, 0.25) is 5.82 Å². The lowest BCUT2D eigenvalue weighted by molar-refractivity contribution is -0.0886. The van der Waals surface area contributed by atoms with E-state index >= 15 is 0 Å². The summed E-state index contributed by atoms with van der Waals surface area (Å²) in [6, 6.07) is 0. The van der Waals surface area contributed by atoms with Gasteiger partial charge in [-0.05, 0) is 6.42 Å². The van der Waals surface area contributed by atoms with Crippen molar-refractivity contribution in [1.29, 1.82) is 0 Å². The fourth-order valence-corrected chi connectivity index (χ4v) is 1.10. The molecule has 0 aromatic rings. The molecule has 1 unspecified atom stereocenters. The van der Waals surface area contributed by atoms with Crippen LogP contribution in [-0.4, -0.2) is 23.3 Å². The monoisotopic (exact) mass is 192 g/mol. The summed E-state index contributed by atoms with van der Waals surface area (Å²) in [6.45, 7) is 0. The van der Waals surface area contributed by atoms with Gasteiger partial charge in [-0.25, -0.2) is 0 Å². The van der Waals surface area contributed by atoms with E-state index in [2.05, 4.69) is 0 Å². The minimum absolute atomic E-state index is 0.219. The maximum Gasteiger partial charge on any atom is 0.459 e. The second kappa shape index (κ2) is 3.55. The highest BCUT2D eigenvalue weighted by Gasteiger charge is 2.35. The molecule has 6 heteroatoms. The molecular formula is C7H8BF3O2. The molecule has 1 aliphatic carbocycles. The number of alkyl halides is 3. The smallest absolute Gasteiger partial charge is 0.427 e. The molecule has 2 nitrogen and oxygen atoms in total. The Morgan fingerprint density at radius 2 is 2.00 bits per heavy atom. The van der Waals surface area contributed by atoms with Crippen molar-refractivity contribution in [2.24, 2.45) is 0 Å². The van der Waals surface area contributed by atoms with Crippen LogP contribution in [0.15, 0.2) is 23.8 Å². The topological polar surface area (TPSA) is 40.5 Å². The first-order chi connectivity index (χ1) is 5.91. The Bertz CT molecular complexity index is 245. The number of halogens is 3. The fourth-order valence-electron chi connectivity index (χ4n) is 1.10. The van der Waals surface area contributed by atoms with Gasteiger partial charge in [0.15, 0.2) is 0 Å². The predicted molar refractivity (Wildman–Crippen MR) is 41.8 cm³/mol. The number of hydrogen-bond donors (Lipinski definition) is 2. The summed E-state index contributed by atoms with van der Waals surface area (Å²) in [4.78, 5) is 0. The average Bonchev–Trinajstić information content (AvgIpc) is 2.03. The first-order valence-electron chi connectivity index (χ1n) is 3.73. The van der Waals surface area contributed by atoms with Crippen LogP contribution in [0.1, 0.15) is 6.42 Å². The molecule has 0 saturated heterocycles. The van der Waals surface area contributed by atoms with E-state index in [1.54, 1.807) is 0 Å². The highest BCUT2D eigenvalue weighted by molar-refractivity contribution is 6.44. The molecule has 0 aromatic carbocycles. The minimum atomic E-state index is -4.41. The molecule has 72 valence electrons. The first-order valence-corrected chi connectivity index (χ1v) is 3.73. The molecule has 0 radical (unpaired) electrons. The van der Waals surface area contributed by atoms with E-state index in [0.29, 0.717) is 0 Å². The largest absolute Gasteiger partial charge is 0.459 e. The number of allylic oxidation sites excluding steroid dienone is 4. The molecule has 0 aliphatic heterocycles. The molecule has 0 spiro atoms. The van der Waals surface area contributed by atoms with Gasteiger partial charge in [-0.15, -0.1) is 0 Å². The zero-order chi connectivity index (χ0) is 10.1. The van der Waals surface area contributed by atoms with Gasteiger partial charge in [-0.1, -0.05) is 18.2 Å². The van der Waals surface area contributed by atoms with Crippen molar-refractivity contribution < 1.29 is 23.2 Å². The number of hydrogen-bond acceptors (Lipinski definition) is 2. The van der Waals surface area contributed by atoms with Crippen molar-refractivity contribution in [2.45, 2.75) is 18.4 Å². The maximum atomic E-state index is 12.1. The molecule has 1 aliphatic rings. The van der Waals surface area contributed by atoms with Gasteiger partial charge in [0.1, 0.15) is 0 Å². The van der Waals surface area contributed by atoms with Crippen LogP contribution < -0.4 is 0 Å². The quantitative estimate of drug-likeness (QED) is 0.614. The normalized spacial score (nSPS) is 22.8. The fraction of sp³-hybridized carbons (Fsp3) is 0.429. The van der Waals surface area contributed by atoms with E-state index in [4.69, 9.17) is 10.0 Å². The zero-order valence-electron chi connectivity index (χ0n) is 6.62. The standard InChI is InChI=1S/C7H8BF3O2/c9-7(10,11)5-2-1-3-6(4-5)8(12)13/h1-2,4,6,12-13H,3H2. The zero-order valence-corrected chi connectivity index (χ0v) is 6.62. The third-order valence-electron chi connectivity index (χ3n) is 1.81. The van der Waals surface area contributed by atoms with Gasteiger partial charge in [0, 0.05) is 5.82 Å². The van der Waals surface area contributed by atoms with E-state index in [1.165, 1.54) is 6.08 Å². The van der Waals surface area contributed by atoms with E-state index in [1.807, 2.05) is 0 Å². The third-order valence-corrected chi connectivity index (χ3v) is 1.81. The van der Waals surface area contributed by atoms with Gasteiger partial charge in [-0.3, -0.25) is 0 Å². The molecule has 0 heterocycles. The van der Waals surface area contributed by atoms with Crippen molar-refractivity contribution in [3.05, 3.63) is 23.8 Å². The minimum Gasteiger partial charge on any atom is -0.427 e. The molecule has 0 amide bonds. The van der Waals surface area contributed by atoms with Gasteiger partial charge in [0.25, 0.3) is 0 Å². The van der Waals surface area contributed by atoms with Crippen LogP contribution in [0.4, 0.5) is 13.2 Å². The summed E-state index contributed by atoms with van der Waals surface area (Å²) in [5.74, 6) is -0.860. The Morgan fingerprint density at radius 3 is 2.46 bits per heavy atom. The van der Waals surface area contributed by atoms with Crippen molar-refractivity contribution in [3.63, 3.8) is 0 Å². The second-order valence-corrected chi connectivity index (χ2v) is 2.84. The van der Waals surface area contributed by atoms with Crippen LogP contribution in [0.25, 0.3) is 0 Å². The lowest BCUT2D eigenvalue weighted by Gasteiger charge is -2.17. The molecule has 0 fully saturated rings. The van der Waals surface area contributed by atoms with Crippen LogP contribution in [0.5, 0.6) is 0 Å². The Labute approximate surface area is 73.5 Å². The van der Waals surface area contributed by atoms with Crippen LogP contribution >= 0.6 is 0 Å². The van der Waals surface area contributed by atoms with Crippen molar-refractivity contribution in [1.82, 2.24) is 0 Å². The van der Waals surface area contributed by atoms with Crippen LogP contribution in [-0.2, 0) is 0 Å². The highest BCUT2D eigenvalue weighted by Crippen LogP contribution is 2.33. The van der Waals surface area contributed by atoms with E-state index in [-0.39, 0.29) is 6.42 Å². The van der Waals surface area contributed by atoms with Crippen molar-refractivity contribution in [3.8, 4) is 0 Å². The summed E-state index contributed by atoms with van der Waals surface area (Å²) in [5, 5.41) is 17.3. The maximum absolute atomic E-state index is 12.1. The second-order valence-electron chi connectivity index (χ2n) is 2.84. The van der Waals surface area contributed by atoms with Gasteiger partial charge >= 0.3 is 13.3 Å². The summed E-state index contributed by atoms with van der Waals surface area (Å²) in [7, 11) is -1.73. The number of rotatable bonds is 1. The van der Waals surface area contributed by atoms with Crippen molar-refractivity contribution in [2.75, 3.05) is 0 Å². The van der Waals surface area contributed by atoms with E-state index in [9.17, 15) is 13.2 Å². The van der Waals surface area contributed by atoms with Gasteiger partial charge < -0.3 is 10.0 Å². The summed E-state index contributed by atoms with van der Waals surface area (Å²) in [6.07, 6.45) is -1.13. The van der Waals surface area contributed by atoms with Crippen LogP contribution in [0, 0.1) is 0 Å². The van der Waals surface area contributed by atoms with Gasteiger partial charge in [-0.2, -0.15) is 13.2 Å². The summed E-state index contributed by atoms with van der Waals surface area (Å²) >= 11 is 0. The highest BCUT2D eigenvalue weighted by atomic mass is 19.4. The Kier molecular flexibility index (Phi) is 2.82. The first kappa shape index (κ1) is 10.3. The molecule has 2 N–H and O–H groups in total. The average molecular weight is 192 g/mol. The molecular weight excluding hydrogens is 184 g/mol. The molecule has 1 atom stereocenters. The lowest BCUT2D eigenvalue weighted by atomic mass is 9.68. The molecule has 0 saturated carbocycles. The lowest BCUT2D eigenvalue weighted by Crippen LogP contribution is -2.22. The summed E-state index contributed by atoms with van der Waals surface area (Å²) in [5.41, 5.74) is -0.822. The van der Waals surface area contributed by atoms with Gasteiger partial charge in [0.05, 0.1) is 5.57 Å². The Hall–Kier alpha value is -0.745.